The highest BCUT2D eigenvalue weighted by Gasteiger charge is 2.41. The van der Waals surface area contributed by atoms with Crippen LogP contribution in [0.3, 0.4) is 0 Å². The largest absolute Gasteiger partial charge is 0.454 e. The van der Waals surface area contributed by atoms with E-state index in [4.69, 9.17) is 4.74 Å². The lowest BCUT2D eigenvalue weighted by molar-refractivity contribution is -0.185. The van der Waals surface area contributed by atoms with Gasteiger partial charge in [0.25, 0.3) is 0 Å². The summed E-state index contributed by atoms with van der Waals surface area (Å²) in [5.74, 6) is -5.23. The van der Waals surface area contributed by atoms with E-state index in [1.54, 1.807) is 12.1 Å². The van der Waals surface area contributed by atoms with Gasteiger partial charge in [0.1, 0.15) is 22.9 Å². The van der Waals surface area contributed by atoms with Crippen molar-refractivity contribution in [3.8, 4) is 5.75 Å². The second-order valence-corrected chi connectivity index (χ2v) is 6.66. The molecule has 0 saturated heterocycles. The van der Waals surface area contributed by atoms with Crippen LogP contribution in [0.1, 0.15) is 16.1 Å². The number of rotatable bonds is 5. The normalized spacial score (nSPS) is 12.6. The second kappa shape index (κ2) is 7.21. The van der Waals surface area contributed by atoms with Gasteiger partial charge >= 0.3 is 12.3 Å². The van der Waals surface area contributed by atoms with Crippen LogP contribution in [0.4, 0.5) is 30.7 Å². The van der Waals surface area contributed by atoms with Crippen LogP contribution in [0.15, 0.2) is 30.3 Å². The minimum atomic E-state index is -5.32. The fourth-order valence-corrected chi connectivity index (χ4v) is 3.36. The second-order valence-electron chi connectivity index (χ2n) is 5.63. The average Bonchev–Trinajstić information content (AvgIpc) is 2.97. The Morgan fingerprint density at radius 1 is 1.00 bits per heavy atom. The zero-order valence-electron chi connectivity index (χ0n) is 13.9. The molecule has 11 heteroatoms. The van der Waals surface area contributed by atoms with Gasteiger partial charge in [-0.2, -0.15) is 22.0 Å². The van der Waals surface area contributed by atoms with Crippen molar-refractivity contribution in [3.63, 3.8) is 0 Å². The van der Waals surface area contributed by atoms with E-state index >= 15 is 0 Å². The highest BCUT2D eigenvalue weighted by atomic mass is 32.1. The molecule has 3 nitrogen and oxygen atoms in total. The Morgan fingerprint density at radius 3 is 2.21 bits per heavy atom. The van der Waals surface area contributed by atoms with Gasteiger partial charge in [0.15, 0.2) is 0 Å². The maximum atomic E-state index is 14.4. The SMILES string of the molecule is COCc1ccc2nc(C(F)(F)Oc3cc(F)c(C(F)(F)F)c(F)c3)sc2c1. The molecular formula is C17H10F7NO2S. The third-order valence-corrected chi connectivity index (χ3v) is 4.63. The van der Waals surface area contributed by atoms with Gasteiger partial charge in [0.05, 0.1) is 16.8 Å². The third-order valence-electron chi connectivity index (χ3n) is 3.56. The van der Waals surface area contributed by atoms with Crippen molar-refractivity contribution in [1.82, 2.24) is 4.98 Å². The van der Waals surface area contributed by atoms with Gasteiger partial charge in [0.2, 0.25) is 5.01 Å². The molecule has 0 aliphatic heterocycles. The lowest BCUT2D eigenvalue weighted by Gasteiger charge is -2.17. The predicted molar refractivity (Wildman–Crippen MR) is 86.2 cm³/mol. The molecule has 0 aliphatic rings. The third kappa shape index (κ3) is 4.04. The van der Waals surface area contributed by atoms with Gasteiger partial charge in [-0.25, -0.2) is 13.8 Å². The van der Waals surface area contributed by atoms with E-state index in [-0.39, 0.29) is 24.3 Å². The zero-order valence-corrected chi connectivity index (χ0v) is 14.7. The summed E-state index contributed by atoms with van der Waals surface area (Å²) in [4.78, 5) is 3.72. The Balaban J connectivity index is 1.92. The molecule has 2 aromatic carbocycles. The number of alkyl halides is 5. The summed E-state index contributed by atoms with van der Waals surface area (Å²) in [6, 6.07) is 4.77. The molecule has 0 radical (unpaired) electrons. The van der Waals surface area contributed by atoms with Gasteiger partial charge in [-0.05, 0) is 17.7 Å². The fraction of sp³-hybridized carbons (Fsp3) is 0.235. The molecule has 1 aromatic heterocycles. The smallest absolute Gasteiger partial charge is 0.427 e. The standard InChI is InChI=1S/C17H10F7NO2S/c1-26-7-8-2-3-12-13(4-8)28-15(25-12)17(23,24)27-9-5-10(18)14(11(19)6-9)16(20,21)22/h2-6H,7H2,1H3. The maximum Gasteiger partial charge on any atom is 0.454 e. The number of thiazole rings is 1. The van der Waals surface area contributed by atoms with Gasteiger partial charge in [-0.1, -0.05) is 6.07 Å². The van der Waals surface area contributed by atoms with Gasteiger partial charge in [-0.3, -0.25) is 0 Å². The number of fused-ring (bicyclic) bond motifs is 1. The number of aromatic nitrogens is 1. The first kappa shape index (κ1) is 20.3. The molecule has 0 saturated carbocycles. The number of ether oxygens (including phenoxy) is 2. The molecule has 0 fully saturated rings. The number of methoxy groups -OCH3 is 1. The summed E-state index contributed by atoms with van der Waals surface area (Å²) in [6.45, 7) is 0.250. The average molecular weight is 425 g/mol. The number of halogens is 7. The van der Waals surface area contributed by atoms with Crippen molar-refractivity contribution in [3.05, 3.63) is 58.1 Å². The van der Waals surface area contributed by atoms with Crippen molar-refractivity contribution in [2.75, 3.05) is 7.11 Å². The minimum Gasteiger partial charge on any atom is -0.427 e. The molecule has 0 amide bonds. The Labute approximate surface area is 157 Å². The van der Waals surface area contributed by atoms with E-state index in [0.29, 0.717) is 21.6 Å². The van der Waals surface area contributed by atoms with Crippen LogP contribution in [0.5, 0.6) is 5.75 Å². The molecular weight excluding hydrogens is 415 g/mol. The van der Waals surface area contributed by atoms with Crippen LogP contribution in [0.2, 0.25) is 0 Å². The first-order chi connectivity index (χ1) is 13.0. The molecule has 0 spiro atoms. The summed E-state index contributed by atoms with van der Waals surface area (Å²) >= 11 is 0.570. The fourth-order valence-electron chi connectivity index (χ4n) is 2.42. The van der Waals surface area contributed by atoms with Crippen molar-refractivity contribution < 1.29 is 40.2 Å². The van der Waals surface area contributed by atoms with E-state index in [9.17, 15) is 30.7 Å². The monoisotopic (exact) mass is 425 g/mol. The van der Waals surface area contributed by atoms with Gasteiger partial charge < -0.3 is 9.47 Å². The Bertz CT molecular complexity index is 993. The molecule has 3 aromatic rings. The molecule has 3 rings (SSSR count). The molecule has 1 heterocycles. The first-order valence-corrected chi connectivity index (χ1v) is 8.35. The summed E-state index contributed by atoms with van der Waals surface area (Å²) in [7, 11) is 1.46. The van der Waals surface area contributed by atoms with E-state index in [1.165, 1.54) is 13.2 Å². The zero-order chi connectivity index (χ0) is 20.7. The summed E-state index contributed by atoms with van der Waals surface area (Å²) in [6.07, 6.45) is -9.44. The first-order valence-electron chi connectivity index (χ1n) is 7.53. The van der Waals surface area contributed by atoms with Crippen LogP contribution in [0.25, 0.3) is 10.2 Å². The van der Waals surface area contributed by atoms with Gasteiger partial charge in [0, 0.05) is 19.2 Å². The van der Waals surface area contributed by atoms with Crippen LogP contribution in [-0.4, -0.2) is 12.1 Å². The van der Waals surface area contributed by atoms with Crippen LogP contribution < -0.4 is 4.74 Å². The molecule has 0 aliphatic carbocycles. The molecule has 0 atom stereocenters. The highest BCUT2D eigenvalue weighted by Crippen LogP contribution is 2.39. The van der Waals surface area contributed by atoms with Crippen molar-refractivity contribution >= 4 is 21.6 Å². The quantitative estimate of drug-likeness (QED) is 0.480. The molecule has 0 bridgehead atoms. The molecule has 28 heavy (non-hydrogen) atoms. The van der Waals surface area contributed by atoms with E-state index < -0.39 is 40.2 Å². The van der Waals surface area contributed by atoms with E-state index in [0.717, 1.165) is 0 Å². The number of nitrogens with zero attached hydrogens (tertiary/aromatic N) is 1. The van der Waals surface area contributed by atoms with E-state index in [2.05, 4.69) is 9.72 Å². The van der Waals surface area contributed by atoms with E-state index in [1.807, 2.05) is 0 Å². The molecule has 0 unspecified atom stereocenters. The highest BCUT2D eigenvalue weighted by molar-refractivity contribution is 7.18. The number of benzene rings is 2. The minimum absolute atomic E-state index is 0.0455. The van der Waals surface area contributed by atoms with Crippen LogP contribution >= 0.6 is 11.3 Å². The Hall–Kier alpha value is -2.40. The topological polar surface area (TPSA) is 31.4 Å². The Morgan fingerprint density at radius 2 is 1.64 bits per heavy atom. The van der Waals surface area contributed by atoms with Crippen molar-refractivity contribution in [2.45, 2.75) is 18.9 Å². The summed E-state index contributed by atoms with van der Waals surface area (Å²) < 4.78 is 103. The lowest BCUT2D eigenvalue weighted by atomic mass is 10.2. The predicted octanol–water partition coefficient (Wildman–Crippen LogP) is 5.87. The number of hydrogen-bond acceptors (Lipinski definition) is 4. The molecule has 0 N–H and O–H groups in total. The number of hydrogen-bond donors (Lipinski definition) is 0. The van der Waals surface area contributed by atoms with Crippen molar-refractivity contribution in [1.29, 1.82) is 0 Å². The molecule has 150 valence electrons. The lowest BCUT2D eigenvalue weighted by Crippen LogP contribution is -2.22. The summed E-state index contributed by atoms with van der Waals surface area (Å²) in [5, 5.41) is -0.821. The van der Waals surface area contributed by atoms with Gasteiger partial charge in [-0.15, -0.1) is 11.3 Å². The Kier molecular flexibility index (Phi) is 5.24. The maximum absolute atomic E-state index is 14.4. The van der Waals surface area contributed by atoms with Crippen molar-refractivity contribution in [2.24, 2.45) is 0 Å². The summed E-state index contributed by atoms with van der Waals surface area (Å²) in [5.41, 5.74) is -1.25. The van der Waals surface area contributed by atoms with Crippen LogP contribution in [0, 0.1) is 11.6 Å². The van der Waals surface area contributed by atoms with Crippen LogP contribution in [-0.2, 0) is 23.6 Å².